The van der Waals surface area contributed by atoms with Crippen molar-refractivity contribution in [1.82, 2.24) is 4.98 Å². The Labute approximate surface area is 292 Å². The highest BCUT2D eigenvalue weighted by atomic mass is 28.3. The lowest BCUT2D eigenvalue weighted by Crippen LogP contribution is -2.30. The van der Waals surface area contributed by atoms with Gasteiger partial charge < -0.3 is 4.42 Å². The molecule has 3 nitrogen and oxygen atoms in total. The Hall–Kier alpha value is -4.46. The lowest BCUT2D eigenvalue weighted by molar-refractivity contribution is 0.599. The van der Waals surface area contributed by atoms with E-state index in [2.05, 4.69) is 59.0 Å². The smallest absolute Gasteiger partial charge is 0.144 e. The van der Waals surface area contributed by atoms with E-state index in [9.17, 15) is 6.63 Å². The highest BCUT2D eigenvalue weighted by Crippen LogP contribution is 2.46. The summed E-state index contributed by atoms with van der Waals surface area (Å²) in [6.07, 6.45) is 3.25. The number of nitrogens with zero attached hydrogens (tertiary/aromatic N) is 2. The molecular formula is C44H46N2OSi. The summed E-state index contributed by atoms with van der Waals surface area (Å²) in [5.41, 5.74) is 9.75. The van der Waals surface area contributed by atoms with E-state index >= 15 is 0 Å². The molecule has 242 valence electrons. The summed E-state index contributed by atoms with van der Waals surface area (Å²) >= 11 is 0. The molecule has 0 unspecified atom stereocenters. The number of furan rings is 1. The molecule has 1 aliphatic rings. The van der Waals surface area contributed by atoms with Gasteiger partial charge in [-0.1, -0.05) is 107 Å². The van der Waals surface area contributed by atoms with Gasteiger partial charge in [-0.2, -0.15) is 5.26 Å². The van der Waals surface area contributed by atoms with Crippen molar-refractivity contribution in [2.24, 2.45) is 0 Å². The second-order valence-corrected chi connectivity index (χ2v) is 20.2. The summed E-state index contributed by atoms with van der Waals surface area (Å²) in [6.45, 7) is 11.1. The fourth-order valence-corrected chi connectivity index (χ4v) is 9.70. The monoisotopic (exact) mass is 650 g/mol. The van der Waals surface area contributed by atoms with E-state index in [-0.39, 0.29) is 17.4 Å². The van der Waals surface area contributed by atoms with Crippen molar-refractivity contribution >= 4 is 30.0 Å². The summed E-state index contributed by atoms with van der Waals surface area (Å²) in [6, 6.07) is 30.5. The summed E-state index contributed by atoms with van der Waals surface area (Å²) < 4.78 is 42.3. The van der Waals surface area contributed by atoms with Crippen LogP contribution in [-0.2, 0) is 0 Å². The van der Waals surface area contributed by atoms with Gasteiger partial charge in [-0.25, -0.2) is 0 Å². The average Bonchev–Trinajstić information content (AvgIpc) is 3.50. The molecule has 1 aliphatic heterocycles. The molecule has 2 aromatic heterocycles. The third kappa shape index (κ3) is 5.69. The molecular weight excluding hydrogens is 601 g/mol. The maximum absolute atomic E-state index is 10.1. The molecule has 1 fully saturated rings. The number of pyridine rings is 1. The largest absolute Gasteiger partial charge is 0.455 e. The fourth-order valence-electron chi connectivity index (χ4n) is 7.49. The number of benzene rings is 4. The van der Waals surface area contributed by atoms with Gasteiger partial charge in [-0.15, -0.1) is 0 Å². The Morgan fingerprint density at radius 2 is 1.52 bits per heavy atom. The summed E-state index contributed by atoms with van der Waals surface area (Å²) in [5, 5.41) is 11.9. The zero-order valence-electron chi connectivity index (χ0n) is 32.9. The Kier molecular flexibility index (Phi) is 7.17. The number of hydrogen-bond acceptors (Lipinski definition) is 3. The highest BCUT2D eigenvalue weighted by molar-refractivity contribution is 6.77. The van der Waals surface area contributed by atoms with Crippen molar-refractivity contribution < 1.29 is 9.90 Å². The summed E-state index contributed by atoms with van der Waals surface area (Å²) in [5.74, 6) is -0.460. The predicted molar refractivity (Wildman–Crippen MR) is 205 cm³/mol. The van der Waals surface area contributed by atoms with E-state index in [1.165, 1.54) is 6.20 Å². The topological polar surface area (TPSA) is 49.8 Å². The molecule has 6 aromatic rings. The van der Waals surface area contributed by atoms with Crippen LogP contribution in [0.5, 0.6) is 0 Å². The number of para-hydroxylation sites is 1. The Balaban J connectivity index is 1.47. The number of rotatable bonds is 6. The van der Waals surface area contributed by atoms with Crippen LogP contribution in [0.25, 0.3) is 55.4 Å². The normalized spacial score (nSPS) is 17.2. The first-order valence-electron chi connectivity index (χ1n) is 19.3. The van der Waals surface area contributed by atoms with Gasteiger partial charge in [0.05, 0.1) is 17.3 Å². The van der Waals surface area contributed by atoms with Crippen LogP contribution < -0.4 is 0 Å². The highest BCUT2D eigenvalue weighted by Gasteiger charge is 2.31. The van der Waals surface area contributed by atoms with Gasteiger partial charge in [-0.05, 0) is 101 Å². The number of aromatic nitrogens is 1. The standard InChI is InChI=1S/C44H46N2OSi/c1-27(2)37-22-33(30-18-20-48(6,7)21-19-30)23-38(28(3)4)42(37)39-24-40(46-26-29(39)5)36-15-11-14-34-35-17-16-32(25-45)41(44(35)47-43(34)36)31-12-9-8-10-13-31/h8-17,22-24,26-28,30H,18-21H2,1-7H3/i5D3,30D. The third-order valence-corrected chi connectivity index (χ3v) is 13.6. The molecule has 3 heterocycles. The molecule has 0 aliphatic carbocycles. The molecule has 48 heavy (non-hydrogen) atoms. The maximum atomic E-state index is 10.1. The lowest BCUT2D eigenvalue weighted by Gasteiger charge is -2.34. The molecule has 0 bridgehead atoms. The van der Waals surface area contributed by atoms with Gasteiger partial charge in [0.25, 0.3) is 0 Å². The van der Waals surface area contributed by atoms with E-state index in [0.29, 0.717) is 28.0 Å². The molecule has 1 saturated heterocycles. The van der Waals surface area contributed by atoms with E-state index in [1.54, 1.807) is 0 Å². The van der Waals surface area contributed by atoms with Crippen LogP contribution in [0.3, 0.4) is 0 Å². The number of fused-ring (bicyclic) bond motifs is 3. The van der Waals surface area contributed by atoms with Crippen LogP contribution in [0.1, 0.15) is 91.6 Å². The van der Waals surface area contributed by atoms with E-state index < -0.39 is 20.8 Å². The van der Waals surface area contributed by atoms with Crippen molar-refractivity contribution in [2.75, 3.05) is 0 Å². The van der Waals surface area contributed by atoms with Crippen LogP contribution in [-0.4, -0.2) is 13.1 Å². The molecule has 4 aromatic carbocycles. The van der Waals surface area contributed by atoms with Gasteiger partial charge in [0.15, 0.2) is 0 Å². The number of aryl methyl sites for hydroxylation is 1. The predicted octanol–water partition coefficient (Wildman–Crippen LogP) is 13.0. The van der Waals surface area contributed by atoms with Crippen molar-refractivity contribution in [3.63, 3.8) is 0 Å². The van der Waals surface area contributed by atoms with Crippen LogP contribution in [0.15, 0.2) is 89.5 Å². The Morgan fingerprint density at radius 1 is 0.833 bits per heavy atom. The summed E-state index contributed by atoms with van der Waals surface area (Å²) in [7, 11) is -1.28. The van der Waals surface area contributed by atoms with Crippen molar-refractivity contribution in [3.8, 4) is 39.6 Å². The maximum Gasteiger partial charge on any atom is 0.144 e. The minimum Gasteiger partial charge on any atom is -0.455 e. The molecule has 0 atom stereocenters. The Morgan fingerprint density at radius 3 is 2.17 bits per heavy atom. The third-order valence-electron chi connectivity index (χ3n) is 10.4. The zero-order chi connectivity index (χ0) is 37.2. The molecule has 0 N–H and O–H groups in total. The lowest BCUT2D eigenvalue weighted by atomic mass is 9.79. The molecule has 7 rings (SSSR count). The van der Waals surface area contributed by atoms with E-state index in [1.807, 2.05) is 66.7 Å². The van der Waals surface area contributed by atoms with E-state index in [4.69, 9.17) is 13.5 Å². The minimum atomic E-state index is -2.40. The van der Waals surface area contributed by atoms with Crippen molar-refractivity contribution in [2.45, 2.75) is 90.3 Å². The molecule has 0 spiro atoms. The van der Waals surface area contributed by atoms with Crippen LogP contribution >= 0.6 is 0 Å². The fraction of sp³-hybridized carbons (Fsp3) is 0.318. The molecule has 0 amide bonds. The minimum absolute atomic E-state index is 0.0936. The van der Waals surface area contributed by atoms with Crippen LogP contribution in [0, 0.1) is 18.2 Å². The van der Waals surface area contributed by atoms with Gasteiger partial charge in [0.2, 0.25) is 0 Å². The quantitative estimate of drug-likeness (QED) is 0.169. The first kappa shape index (κ1) is 27.5. The molecule has 0 saturated carbocycles. The average molecular weight is 651 g/mol. The molecule has 0 radical (unpaired) electrons. The van der Waals surface area contributed by atoms with Gasteiger partial charge >= 0.3 is 0 Å². The van der Waals surface area contributed by atoms with Crippen molar-refractivity contribution in [3.05, 3.63) is 113 Å². The zero-order valence-corrected chi connectivity index (χ0v) is 29.9. The first-order valence-corrected chi connectivity index (χ1v) is 20.7. The second kappa shape index (κ2) is 12.5. The first-order chi connectivity index (χ1) is 24.6. The van der Waals surface area contributed by atoms with Gasteiger partial charge in [0, 0.05) is 41.7 Å². The Bertz CT molecular complexity index is 2330. The second-order valence-electron chi connectivity index (χ2n) is 14.8. The number of hydrogen-bond donors (Lipinski definition) is 0. The van der Waals surface area contributed by atoms with Crippen LogP contribution in [0.4, 0.5) is 0 Å². The number of nitriles is 1. The van der Waals surface area contributed by atoms with Crippen LogP contribution in [0.2, 0.25) is 25.2 Å². The van der Waals surface area contributed by atoms with Crippen molar-refractivity contribution in [1.29, 1.82) is 5.26 Å². The van der Waals surface area contributed by atoms with E-state index in [0.717, 1.165) is 74.6 Å². The van der Waals surface area contributed by atoms with Gasteiger partial charge in [0.1, 0.15) is 11.2 Å². The van der Waals surface area contributed by atoms with Gasteiger partial charge in [-0.3, -0.25) is 4.98 Å². The summed E-state index contributed by atoms with van der Waals surface area (Å²) in [4.78, 5) is 4.80. The SMILES string of the molecule is [2H]C([2H])([2H])c1cnc(-c2cccc3c2oc2c(-c4ccccc4)c(C#N)ccc23)cc1-c1c(C(C)C)cc(C2([2H])CC[Si](C)(C)CC2)cc1C(C)C. The molecule has 4 heteroatoms.